The van der Waals surface area contributed by atoms with Crippen LogP contribution in [-0.2, 0) is 25.3 Å². The molecule has 1 aromatic heterocycles. The van der Waals surface area contributed by atoms with Gasteiger partial charge in [-0.15, -0.1) is 0 Å². The Balaban J connectivity index is 1.43. The molecule has 4 aromatic rings. The zero-order chi connectivity index (χ0) is 26.8. The van der Waals surface area contributed by atoms with Crippen molar-refractivity contribution >= 4 is 33.5 Å². The van der Waals surface area contributed by atoms with E-state index in [4.69, 9.17) is 9.31 Å². The summed E-state index contributed by atoms with van der Waals surface area (Å²) in [6, 6.07) is 15.7. The van der Waals surface area contributed by atoms with Crippen molar-refractivity contribution in [3.63, 3.8) is 0 Å². The molecule has 0 unspecified atom stereocenters. The van der Waals surface area contributed by atoms with Crippen molar-refractivity contribution in [1.29, 1.82) is 0 Å². The maximum atomic E-state index is 13.4. The predicted molar refractivity (Wildman–Crippen MR) is 134 cm³/mol. The van der Waals surface area contributed by atoms with Crippen molar-refractivity contribution in [2.45, 2.75) is 54.9 Å². The number of halogens is 3. The number of imidazole rings is 1. The third-order valence-electron chi connectivity index (χ3n) is 6.94. The number of nitrogens with zero attached hydrogens (tertiary/aromatic N) is 1. The molecule has 6 nitrogen and oxygen atoms in total. The minimum atomic E-state index is -4.48. The Labute approximate surface area is 212 Å². The topological polar surface area (TPSA) is 81.3 Å². The van der Waals surface area contributed by atoms with Gasteiger partial charge in [0.1, 0.15) is 5.82 Å². The SMILES string of the molecule is CC1(C)OB(c2ccc(S(=O)(=O)c3cccc(-c4nc5ccc(C(F)(F)F)cc5[nH]4)c3)cc2)OC1(C)C. The molecule has 0 spiro atoms. The van der Waals surface area contributed by atoms with Gasteiger partial charge in [0.2, 0.25) is 9.84 Å². The van der Waals surface area contributed by atoms with Crippen molar-refractivity contribution in [3.05, 3.63) is 72.3 Å². The van der Waals surface area contributed by atoms with Gasteiger partial charge in [-0.05, 0) is 75.6 Å². The number of alkyl halides is 3. The third-order valence-corrected chi connectivity index (χ3v) is 8.71. The number of aromatic nitrogens is 2. The lowest BCUT2D eigenvalue weighted by atomic mass is 9.79. The molecule has 0 saturated carbocycles. The fourth-order valence-electron chi connectivity index (χ4n) is 4.05. The molecule has 1 aliphatic heterocycles. The van der Waals surface area contributed by atoms with Gasteiger partial charge in [-0.25, -0.2) is 13.4 Å². The molecule has 3 aromatic carbocycles. The number of rotatable bonds is 4. The molecule has 1 saturated heterocycles. The lowest BCUT2D eigenvalue weighted by molar-refractivity contribution is -0.137. The molecule has 1 N–H and O–H groups in total. The first-order valence-electron chi connectivity index (χ1n) is 11.6. The maximum absolute atomic E-state index is 13.4. The number of benzene rings is 3. The molecule has 0 bridgehead atoms. The Morgan fingerprint density at radius 2 is 1.51 bits per heavy atom. The van der Waals surface area contributed by atoms with E-state index in [1.807, 2.05) is 27.7 Å². The largest absolute Gasteiger partial charge is 0.494 e. The summed E-state index contributed by atoms with van der Waals surface area (Å²) < 4.78 is 78.0. The molecule has 37 heavy (non-hydrogen) atoms. The van der Waals surface area contributed by atoms with Gasteiger partial charge in [0.25, 0.3) is 0 Å². The van der Waals surface area contributed by atoms with Crippen LogP contribution >= 0.6 is 0 Å². The molecule has 0 aliphatic carbocycles. The fourth-order valence-corrected chi connectivity index (χ4v) is 5.36. The van der Waals surface area contributed by atoms with Crippen LogP contribution in [0.4, 0.5) is 13.2 Å². The van der Waals surface area contributed by atoms with Gasteiger partial charge < -0.3 is 14.3 Å². The summed E-state index contributed by atoms with van der Waals surface area (Å²) in [5.41, 5.74) is -0.158. The number of hydrogen-bond acceptors (Lipinski definition) is 5. The number of sulfone groups is 1. The molecular formula is C26H24BF3N2O4S. The number of H-pyrrole nitrogens is 1. The summed E-state index contributed by atoms with van der Waals surface area (Å²) in [7, 11) is -4.50. The monoisotopic (exact) mass is 528 g/mol. The lowest BCUT2D eigenvalue weighted by Crippen LogP contribution is -2.41. The summed E-state index contributed by atoms with van der Waals surface area (Å²) in [4.78, 5) is 7.32. The second kappa shape index (κ2) is 8.44. The Morgan fingerprint density at radius 3 is 2.14 bits per heavy atom. The van der Waals surface area contributed by atoms with Crippen LogP contribution in [0.2, 0.25) is 0 Å². The zero-order valence-electron chi connectivity index (χ0n) is 20.6. The molecule has 0 radical (unpaired) electrons. The summed E-state index contributed by atoms with van der Waals surface area (Å²) >= 11 is 0. The van der Waals surface area contributed by atoms with Gasteiger partial charge in [-0.1, -0.05) is 24.3 Å². The van der Waals surface area contributed by atoms with E-state index in [0.717, 1.165) is 12.1 Å². The summed E-state index contributed by atoms with van der Waals surface area (Å²) in [6.07, 6.45) is -4.48. The van der Waals surface area contributed by atoms with E-state index in [-0.39, 0.29) is 21.1 Å². The molecule has 1 aliphatic rings. The van der Waals surface area contributed by atoms with Crippen LogP contribution in [0.15, 0.2) is 76.5 Å². The van der Waals surface area contributed by atoms with Crippen LogP contribution in [0, 0.1) is 0 Å². The van der Waals surface area contributed by atoms with Crippen LogP contribution in [0.5, 0.6) is 0 Å². The highest BCUT2D eigenvalue weighted by Crippen LogP contribution is 2.37. The minimum absolute atomic E-state index is 0.0322. The van der Waals surface area contributed by atoms with Crippen molar-refractivity contribution in [1.82, 2.24) is 9.97 Å². The third kappa shape index (κ3) is 4.56. The van der Waals surface area contributed by atoms with Crippen molar-refractivity contribution in [2.24, 2.45) is 0 Å². The minimum Gasteiger partial charge on any atom is -0.399 e. The predicted octanol–water partition coefficient (Wildman–Crippen LogP) is 5.38. The van der Waals surface area contributed by atoms with Gasteiger partial charge >= 0.3 is 13.3 Å². The summed E-state index contributed by atoms with van der Waals surface area (Å²) in [5, 5.41) is 0. The Bertz CT molecular complexity index is 1580. The average Bonchev–Trinajstić information content (AvgIpc) is 3.35. The Hall–Kier alpha value is -3.15. The molecule has 1 fully saturated rings. The molecule has 192 valence electrons. The first kappa shape index (κ1) is 25.5. The van der Waals surface area contributed by atoms with Gasteiger partial charge in [0, 0.05) is 5.56 Å². The van der Waals surface area contributed by atoms with E-state index < -0.39 is 39.9 Å². The number of fused-ring (bicyclic) bond motifs is 1. The first-order chi connectivity index (χ1) is 17.2. The fraction of sp³-hybridized carbons (Fsp3) is 0.269. The average molecular weight is 528 g/mol. The lowest BCUT2D eigenvalue weighted by Gasteiger charge is -2.32. The van der Waals surface area contributed by atoms with E-state index in [0.29, 0.717) is 16.5 Å². The summed E-state index contributed by atoms with van der Waals surface area (Å²) in [6.45, 7) is 7.76. The van der Waals surface area contributed by atoms with Crippen molar-refractivity contribution in [3.8, 4) is 11.4 Å². The standard InChI is InChI=1S/C26H24BF3N2O4S/c1-24(2)25(3,4)36-27(35-24)18-9-11-19(12-10-18)37(33,34)20-7-5-6-16(14-20)23-31-21-13-8-17(26(28,29)30)15-22(21)32-23/h5-15H,1-4H3,(H,31,32). The molecule has 5 rings (SSSR count). The maximum Gasteiger partial charge on any atom is 0.494 e. The van der Waals surface area contributed by atoms with Gasteiger partial charge in [0.15, 0.2) is 0 Å². The van der Waals surface area contributed by atoms with Crippen LogP contribution < -0.4 is 5.46 Å². The van der Waals surface area contributed by atoms with Gasteiger partial charge in [0.05, 0.1) is 37.6 Å². The highest BCUT2D eigenvalue weighted by atomic mass is 32.2. The second-order valence-electron chi connectivity index (χ2n) is 10.0. The number of nitrogens with one attached hydrogen (secondary N) is 1. The number of hydrogen-bond donors (Lipinski definition) is 1. The van der Waals surface area contributed by atoms with Gasteiger partial charge in [-0.3, -0.25) is 0 Å². The normalized spacial score (nSPS) is 17.4. The van der Waals surface area contributed by atoms with E-state index in [1.54, 1.807) is 24.3 Å². The van der Waals surface area contributed by atoms with Crippen LogP contribution in [-0.4, -0.2) is 36.7 Å². The highest BCUT2D eigenvalue weighted by molar-refractivity contribution is 7.91. The zero-order valence-corrected chi connectivity index (χ0v) is 21.4. The second-order valence-corrected chi connectivity index (χ2v) is 12.0. The van der Waals surface area contributed by atoms with Gasteiger partial charge in [-0.2, -0.15) is 13.2 Å². The van der Waals surface area contributed by atoms with E-state index in [9.17, 15) is 21.6 Å². The molecular weight excluding hydrogens is 504 g/mol. The van der Waals surface area contributed by atoms with Crippen LogP contribution in [0.3, 0.4) is 0 Å². The molecule has 11 heteroatoms. The Kier molecular flexibility index (Phi) is 5.82. The van der Waals surface area contributed by atoms with E-state index in [1.165, 1.54) is 30.3 Å². The van der Waals surface area contributed by atoms with Crippen LogP contribution in [0.25, 0.3) is 22.4 Å². The van der Waals surface area contributed by atoms with Crippen molar-refractivity contribution in [2.75, 3.05) is 0 Å². The van der Waals surface area contributed by atoms with E-state index >= 15 is 0 Å². The Morgan fingerprint density at radius 1 is 0.865 bits per heavy atom. The molecule has 2 heterocycles. The molecule has 0 amide bonds. The van der Waals surface area contributed by atoms with Crippen LogP contribution in [0.1, 0.15) is 33.3 Å². The van der Waals surface area contributed by atoms with E-state index in [2.05, 4.69) is 9.97 Å². The first-order valence-corrected chi connectivity index (χ1v) is 13.0. The summed E-state index contributed by atoms with van der Waals surface area (Å²) in [5.74, 6) is 0.266. The molecule has 0 atom stereocenters. The smallest absolute Gasteiger partial charge is 0.399 e. The quantitative estimate of drug-likeness (QED) is 0.360. The van der Waals surface area contributed by atoms with Crippen molar-refractivity contribution < 1.29 is 30.9 Å². The highest BCUT2D eigenvalue weighted by Gasteiger charge is 2.51. The number of aromatic amines is 1.